The van der Waals surface area contributed by atoms with E-state index in [1.54, 1.807) is 7.11 Å². The molecule has 0 atom stereocenters. The average molecular weight is 191 g/mol. The van der Waals surface area contributed by atoms with Crippen LogP contribution in [0, 0.1) is 0 Å². The summed E-state index contributed by atoms with van der Waals surface area (Å²) in [5, 5.41) is 0. The van der Waals surface area contributed by atoms with Crippen LogP contribution in [0.25, 0.3) is 0 Å². The van der Waals surface area contributed by atoms with Crippen LogP contribution in [-0.4, -0.2) is 19.7 Å². The number of ether oxygens (including phenoxy) is 1. The van der Waals surface area contributed by atoms with E-state index in [-0.39, 0.29) is 0 Å². The SMILES string of the molecule is COCc1ccc(CCN=C=O)cc1. The van der Waals surface area contributed by atoms with Gasteiger partial charge in [0.1, 0.15) is 0 Å². The molecule has 3 nitrogen and oxygen atoms in total. The normalized spacial score (nSPS) is 9.50. The number of aliphatic imine (C=N–C) groups is 1. The molecule has 74 valence electrons. The lowest BCUT2D eigenvalue weighted by Gasteiger charge is -2.01. The highest BCUT2D eigenvalue weighted by Crippen LogP contribution is 2.06. The van der Waals surface area contributed by atoms with Gasteiger partial charge in [-0.2, -0.15) is 0 Å². The summed E-state index contributed by atoms with van der Waals surface area (Å²) < 4.78 is 5.00. The van der Waals surface area contributed by atoms with Gasteiger partial charge in [0, 0.05) is 7.11 Å². The fourth-order valence-corrected chi connectivity index (χ4v) is 1.20. The lowest BCUT2D eigenvalue weighted by molar-refractivity contribution is 0.185. The highest BCUT2D eigenvalue weighted by Gasteiger charge is 1.93. The molecule has 0 fully saturated rings. The first-order valence-corrected chi connectivity index (χ1v) is 4.47. The Morgan fingerprint density at radius 1 is 1.29 bits per heavy atom. The number of hydrogen-bond acceptors (Lipinski definition) is 3. The van der Waals surface area contributed by atoms with E-state index in [9.17, 15) is 4.79 Å². The second-order valence-electron chi connectivity index (χ2n) is 2.97. The van der Waals surface area contributed by atoms with Gasteiger partial charge >= 0.3 is 0 Å². The summed E-state index contributed by atoms with van der Waals surface area (Å²) in [6.07, 6.45) is 2.30. The molecule has 0 spiro atoms. The van der Waals surface area contributed by atoms with E-state index in [0.717, 1.165) is 12.0 Å². The van der Waals surface area contributed by atoms with E-state index in [4.69, 9.17) is 4.74 Å². The average Bonchev–Trinajstić information content (AvgIpc) is 2.21. The zero-order valence-electron chi connectivity index (χ0n) is 8.19. The van der Waals surface area contributed by atoms with Gasteiger partial charge in [-0.15, -0.1) is 0 Å². The maximum absolute atomic E-state index is 9.83. The lowest BCUT2D eigenvalue weighted by atomic mass is 10.1. The first-order chi connectivity index (χ1) is 6.86. The van der Waals surface area contributed by atoms with E-state index in [0.29, 0.717) is 13.2 Å². The summed E-state index contributed by atoms with van der Waals surface area (Å²) in [4.78, 5) is 13.3. The van der Waals surface area contributed by atoms with Crippen LogP contribution in [-0.2, 0) is 22.6 Å². The van der Waals surface area contributed by atoms with Gasteiger partial charge in [0.2, 0.25) is 6.08 Å². The van der Waals surface area contributed by atoms with Gasteiger partial charge in [-0.05, 0) is 17.5 Å². The van der Waals surface area contributed by atoms with Crippen LogP contribution in [0.5, 0.6) is 0 Å². The molecule has 1 aromatic rings. The summed E-state index contributed by atoms with van der Waals surface area (Å²) in [5.41, 5.74) is 2.32. The van der Waals surface area contributed by atoms with Gasteiger partial charge < -0.3 is 4.74 Å². The summed E-state index contributed by atoms with van der Waals surface area (Å²) in [5.74, 6) is 0. The molecule has 0 bridgehead atoms. The molecule has 0 aliphatic heterocycles. The maximum Gasteiger partial charge on any atom is 0.234 e. The fraction of sp³-hybridized carbons (Fsp3) is 0.364. The van der Waals surface area contributed by atoms with Gasteiger partial charge in [0.05, 0.1) is 13.2 Å². The number of rotatable bonds is 5. The molecule has 0 heterocycles. The van der Waals surface area contributed by atoms with Crippen molar-refractivity contribution < 1.29 is 9.53 Å². The Balaban J connectivity index is 2.50. The molecular formula is C11H13NO2. The monoisotopic (exact) mass is 191 g/mol. The van der Waals surface area contributed by atoms with Crippen LogP contribution in [0.15, 0.2) is 29.3 Å². The van der Waals surface area contributed by atoms with E-state index in [1.807, 2.05) is 24.3 Å². The van der Waals surface area contributed by atoms with Gasteiger partial charge in [-0.25, -0.2) is 9.79 Å². The summed E-state index contributed by atoms with van der Waals surface area (Å²) in [6.45, 7) is 1.14. The molecule has 0 saturated carbocycles. The Bertz CT molecular complexity index is 313. The molecule has 0 unspecified atom stereocenters. The van der Waals surface area contributed by atoms with Crippen molar-refractivity contribution >= 4 is 6.08 Å². The van der Waals surface area contributed by atoms with Crippen molar-refractivity contribution in [3.05, 3.63) is 35.4 Å². The number of nitrogens with zero attached hydrogens (tertiary/aromatic N) is 1. The topological polar surface area (TPSA) is 38.7 Å². The predicted octanol–water partition coefficient (Wildman–Crippen LogP) is 1.71. The first kappa shape index (κ1) is 10.6. The fourth-order valence-electron chi connectivity index (χ4n) is 1.20. The largest absolute Gasteiger partial charge is 0.380 e. The Morgan fingerprint density at radius 2 is 1.93 bits per heavy atom. The third-order valence-electron chi connectivity index (χ3n) is 1.91. The van der Waals surface area contributed by atoms with Crippen molar-refractivity contribution in [3.63, 3.8) is 0 Å². The molecule has 1 rings (SSSR count). The van der Waals surface area contributed by atoms with Crippen LogP contribution < -0.4 is 0 Å². The van der Waals surface area contributed by atoms with Crippen LogP contribution in [0.2, 0.25) is 0 Å². The smallest absolute Gasteiger partial charge is 0.234 e. The van der Waals surface area contributed by atoms with Crippen LogP contribution in [0.4, 0.5) is 0 Å². The quantitative estimate of drug-likeness (QED) is 0.525. The Kier molecular flexibility index (Phi) is 4.62. The molecule has 0 aliphatic rings. The second kappa shape index (κ2) is 6.08. The van der Waals surface area contributed by atoms with Gasteiger partial charge in [0.25, 0.3) is 0 Å². The van der Waals surface area contributed by atoms with E-state index >= 15 is 0 Å². The number of hydrogen-bond donors (Lipinski definition) is 0. The minimum Gasteiger partial charge on any atom is -0.380 e. The standard InChI is InChI=1S/C11H13NO2/c1-14-8-11-4-2-10(3-5-11)6-7-12-9-13/h2-5H,6-8H2,1H3. The van der Waals surface area contributed by atoms with E-state index in [2.05, 4.69) is 4.99 Å². The third kappa shape index (κ3) is 3.52. The molecule has 0 aliphatic carbocycles. The maximum atomic E-state index is 9.83. The highest BCUT2D eigenvalue weighted by molar-refractivity contribution is 5.33. The highest BCUT2D eigenvalue weighted by atomic mass is 16.5. The number of benzene rings is 1. The third-order valence-corrected chi connectivity index (χ3v) is 1.91. The van der Waals surface area contributed by atoms with Gasteiger partial charge in [0.15, 0.2) is 0 Å². The van der Waals surface area contributed by atoms with Crippen molar-refractivity contribution in [2.45, 2.75) is 13.0 Å². The lowest BCUT2D eigenvalue weighted by Crippen LogP contribution is -1.91. The molecule has 0 aromatic heterocycles. The molecule has 3 heteroatoms. The molecule has 14 heavy (non-hydrogen) atoms. The first-order valence-electron chi connectivity index (χ1n) is 4.47. The number of isocyanates is 1. The number of methoxy groups -OCH3 is 1. The molecule has 0 saturated heterocycles. The zero-order valence-corrected chi connectivity index (χ0v) is 8.19. The number of carbonyl (C=O) groups excluding carboxylic acids is 1. The summed E-state index contributed by atoms with van der Waals surface area (Å²) in [6, 6.07) is 8.08. The van der Waals surface area contributed by atoms with Crippen LogP contribution in [0.3, 0.4) is 0 Å². The zero-order chi connectivity index (χ0) is 10.2. The molecule has 0 radical (unpaired) electrons. The molecular weight excluding hydrogens is 178 g/mol. The van der Waals surface area contributed by atoms with Crippen LogP contribution in [0.1, 0.15) is 11.1 Å². The minimum absolute atomic E-state index is 0.507. The second-order valence-corrected chi connectivity index (χ2v) is 2.97. The van der Waals surface area contributed by atoms with Crippen LogP contribution >= 0.6 is 0 Å². The van der Waals surface area contributed by atoms with Crippen molar-refractivity contribution in [3.8, 4) is 0 Å². The minimum atomic E-state index is 0.507. The summed E-state index contributed by atoms with van der Waals surface area (Å²) >= 11 is 0. The van der Waals surface area contributed by atoms with E-state index < -0.39 is 0 Å². The molecule has 0 N–H and O–H groups in total. The Hall–Kier alpha value is -1.44. The van der Waals surface area contributed by atoms with Crippen molar-refractivity contribution in [1.82, 2.24) is 0 Å². The van der Waals surface area contributed by atoms with E-state index in [1.165, 1.54) is 11.6 Å². The van der Waals surface area contributed by atoms with Gasteiger partial charge in [-0.1, -0.05) is 24.3 Å². The molecule has 0 amide bonds. The summed E-state index contributed by atoms with van der Waals surface area (Å²) in [7, 11) is 1.67. The van der Waals surface area contributed by atoms with Crippen molar-refractivity contribution in [1.29, 1.82) is 0 Å². The van der Waals surface area contributed by atoms with Gasteiger partial charge in [-0.3, -0.25) is 0 Å². The van der Waals surface area contributed by atoms with Crippen molar-refractivity contribution in [2.75, 3.05) is 13.7 Å². The Labute approximate surface area is 83.4 Å². The Morgan fingerprint density at radius 3 is 2.50 bits per heavy atom. The van der Waals surface area contributed by atoms with Crippen molar-refractivity contribution in [2.24, 2.45) is 4.99 Å². The predicted molar refractivity (Wildman–Crippen MR) is 53.8 cm³/mol. The molecule has 1 aromatic carbocycles.